The maximum atomic E-state index is 13.5. The van der Waals surface area contributed by atoms with Crippen LogP contribution in [0.4, 0.5) is 8.78 Å². The van der Waals surface area contributed by atoms with Gasteiger partial charge in [-0.25, -0.2) is 8.78 Å². The van der Waals surface area contributed by atoms with Gasteiger partial charge in [-0.05, 0) is 42.0 Å². The third-order valence-corrected chi connectivity index (χ3v) is 3.49. The predicted molar refractivity (Wildman–Crippen MR) is 65.2 cm³/mol. The lowest BCUT2D eigenvalue weighted by atomic mass is 9.79. The van der Waals surface area contributed by atoms with E-state index in [2.05, 4.69) is 19.3 Å². The van der Waals surface area contributed by atoms with Gasteiger partial charge in [0, 0.05) is 6.04 Å². The molecule has 0 amide bonds. The van der Waals surface area contributed by atoms with E-state index in [1.807, 2.05) is 6.92 Å². The van der Waals surface area contributed by atoms with Gasteiger partial charge in [-0.2, -0.15) is 0 Å². The van der Waals surface area contributed by atoms with Crippen LogP contribution in [0.5, 0.6) is 0 Å². The highest BCUT2D eigenvalue weighted by Gasteiger charge is 2.27. The number of benzene rings is 1. The predicted octanol–water partition coefficient (Wildman–Crippen LogP) is 2.78. The summed E-state index contributed by atoms with van der Waals surface area (Å²) in [5, 5.41) is 0. The van der Waals surface area contributed by atoms with Crippen LogP contribution in [0.1, 0.15) is 32.8 Å². The summed E-state index contributed by atoms with van der Waals surface area (Å²) in [5.74, 6) is 4.69. The van der Waals surface area contributed by atoms with Gasteiger partial charge in [0.15, 0.2) is 0 Å². The summed E-state index contributed by atoms with van der Waals surface area (Å²) in [6, 6.07) is 3.40. The molecule has 0 saturated heterocycles. The van der Waals surface area contributed by atoms with E-state index in [1.165, 1.54) is 6.07 Å². The molecule has 1 atom stereocenters. The first-order valence-electron chi connectivity index (χ1n) is 5.80. The molecule has 0 saturated carbocycles. The van der Waals surface area contributed by atoms with Crippen LogP contribution in [-0.2, 0) is 6.42 Å². The van der Waals surface area contributed by atoms with Crippen molar-refractivity contribution in [3.63, 3.8) is 0 Å². The van der Waals surface area contributed by atoms with Crippen molar-refractivity contribution in [2.75, 3.05) is 0 Å². The van der Waals surface area contributed by atoms with Crippen LogP contribution in [-0.4, -0.2) is 6.04 Å². The molecule has 17 heavy (non-hydrogen) atoms. The summed E-state index contributed by atoms with van der Waals surface area (Å²) in [7, 11) is 0. The third-order valence-electron chi connectivity index (χ3n) is 3.49. The van der Waals surface area contributed by atoms with Gasteiger partial charge in [0.05, 0.1) is 0 Å². The van der Waals surface area contributed by atoms with Crippen LogP contribution in [0.25, 0.3) is 0 Å². The molecule has 1 aromatic carbocycles. The molecule has 0 aliphatic heterocycles. The number of nitrogens with one attached hydrogen (secondary N) is 1. The van der Waals surface area contributed by atoms with Crippen molar-refractivity contribution >= 4 is 0 Å². The van der Waals surface area contributed by atoms with E-state index < -0.39 is 11.6 Å². The van der Waals surface area contributed by atoms with E-state index >= 15 is 0 Å². The topological polar surface area (TPSA) is 38.0 Å². The van der Waals surface area contributed by atoms with E-state index in [4.69, 9.17) is 5.84 Å². The largest absolute Gasteiger partial charge is 0.271 e. The molecule has 0 heterocycles. The Kier molecular flexibility index (Phi) is 4.60. The minimum atomic E-state index is -0.425. The van der Waals surface area contributed by atoms with Crippen molar-refractivity contribution in [2.24, 2.45) is 11.3 Å². The second-order valence-electron chi connectivity index (χ2n) is 5.00. The van der Waals surface area contributed by atoms with E-state index in [1.54, 1.807) is 0 Å². The molecule has 0 aliphatic carbocycles. The van der Waals surface area contributed by atoms with Crippen molar-refractivity contribution in [2.45, 2.75) is 39.7 Å². The first-order valence-corrected chi connectivity index (χ1v) is 5.80. The summed E-state index contributed by atoms with van der Waals surface area (Å²) in [6.07, 6.45) is 1.28. The Bertz CT molecular complexity index is 378. The zero-order chi connectivity index (χ0) is 13.1. The van der Waals surface area contributed by atoms with Crippen LogP contribution < -0.4 is 11.3 Å². The molecular formula is C13H20F2N2. The number of rotatable bonds is 5. The van der Waals surface area contributed by atoms with Crippen molar-refractivity contribution in [1.29, 1.82) is 0 Å². The lowest BCUT2D eigenvalue weighted by Gasteiger charge is -2.33. The maximum absolute atomic E-state index is 13.5. The fourth-order valence-corrected chi connectivity index (χ4v) is 1.73. The zero-order valence-electron chi connectivity index (χ0n) is 10.6. The Morgan fingerprint density at radius 2 is 2.00 bits per heavy atom. The minimum absolute atomic E-state index is 0.0759. The molecule has 0 spiro atoms. The summed E-state index contributed by atoms with van der Waals surface area (Å²) < 4.78 is 26.6. The average Bonchev–Trinajstić information content (AvgIpc) is 2.30. The molecule has 3 N–H and O–H groups in total. The van der Waals surface area contributed by atoms with Gasteiger partial charge in [-0.15, -0.1) is 0 Å². The highest BCUT2D eigenvalue weighted by Crippen LogP contribution is 2.27. The second kappa shape index (κ2) is 5.56. The highest BCUT2D eigenvalue weighted by molar-refractivity contribution is 5.20. The molecule has 1 unspecified atom stereocenters. The molecule has 1 aromatic rings. The minimum Gasteiger partial charge on any atom is -0.271 e. The summed E-state index contributed by atoms with van der Waals surface area (Å²) in [4.78, 5) is 0. The van der Waals surface area contributed by atoms with Gasteiger partial charge < -0.3 is 0 Å². The summed E-state index contributed by atoms with van der Waals surface area (Å²) in [5.41, 5.74) is 2.98. The monoisotopic (exact) mass is 242 g/mol. The molecule has 0 aliphatic rings. The van der Waals surface area contributed by atoms with Gasteiger partial charge in [0.1, 0.15) is 11.6 Å². The van der Waals surface area contributed by atoms with E-state index in [-0.39, 0.29) is 11.5 Å². The van der Waals surface area contributed by atoms with Crippen LogP contribution >= 0.6 is 0 Å². The fraction of sp³-hybridized carbons (Fsp3) is 0.538. The first kappa shape index (κ1) is 14.1. The SMILES string of the molecule is CCC(C)(C)C(Cc1cc(F)ccc1F)NN. The lowest BCUT2D eigenvalue weighted by molar-refractivity contribution is 0.230. The number of hydrogen-bond acceptors (Lipinski definition) is 2. The van der Waals surface area contributed by atoms with Gasteiger partial charge >= 0.3 is 0 Å². The highest BCUT2D eigenvalue weighted by atomic mass is 19.1. The Morgan fingerprint density at radius 3 is 2.53 bits per heavy atom. The molecule has 96 valence electrons. The van der Waals surface area contributed by atoms with Crippen LogP contribution in [0.3, 0.4) is 0 Å². The van der Waals surface area contributed by atoms with Crippen LogP contribution in [0, 0.1) is 17.0 Å². The third kappa shape index (κ3) is 3.48. The fourth-order valence-electron chi connectivity index (χ4n) is 1.73. The Labute approximate surface area is 101 Å². The number of nitrogens with two attached hydrogens (primary N) is 1. The Morgan fingerprint density at radius 1 is 1.35 bits per heavy atom. The number of halogens is 2. The number of hydrazine groups is 1. The average molecular weight is 242 g/mol. The quantitative estimate of drug-likeness (QED) is 0.615. The Hall–Kier alpha value is -1.00. The van der Waals surface area contributed by atoms with E-state index in [0.717, 1.165) is 18.6 Å². The molecule has 0 radical (unpaired) electrons. The van der Waals surface area contributed by atoms with Crippen molar-refractivity contribution in [3.05, 3.63) is 35.4 Å². The first-order chi connectivity index (χ1) is 7.90. The Balaban J connectivity index is 2.91. The lowest BCUT2D eigenvalue weighted by Crippen LogP contribution is -2.47. The van der Waals surface area contributed by atoms with Gasteiger partial charge in [-0.1, -0.05) is 20.8 Å². The van der Waals surface area contributed by atoms with Crippen molar-refractivity contribution in [3.8, 4) is 0 Å². The standard InChI is InChI=1S/C13H20F2N2/c1-4-13(2,3)12(17-16)8-9-7-10(14)5-6-11(9)15/h5-7,12,17H,4,8,16H2,1-3H3. The molecule has 0 fully saturated rings. The van der Waals surface area contributed by atoms with Gasteiger partial charge in [0.25, 0.3) is 0 Å². The molecule has 2 nitrogen and oxygen atoms in total. The van der Waals surface area contributed by atoms with Crippen molar-refractivity contribution in [1.82, 2.24) is 5.43 Å². The van der Waals surface area contributed by atoms with Crippen LogP contribution in [0.15, 0.2) is 18.2 Å². The normalized spacial score (nSPS) is 13.8. The molecule has 1 rings (SSSR count). The molecule has 0 aromatic heterocycles. The van der Waals surface area contributed by atoms with E-state index in [0.29, 0.717) is 12.0 Å². The van der Waals surface area contributed by atoms with Crippen LogP contribution in [0.2, 0.25) is 0 Å². The second-order valence-corrected chi connectivity index (χ2v) is 5.00. The smallest absolute Gasteiger partial charge is 0.126 e. The summed E-state index contributed by atoms with van der Waals surface area (Å²) >= 11 is 0. The summed E-state index contributed by atoms with van der Waals surface area (Å²) in [6.45, 7) is 6.15. The molecule has 0 bridgehead atoms. The maximum Gasteiger partial charge on any atom is 0.126 e. The van der Waals surface area contributed by atoms with Gasteiger partial charge in [-0.3, -0.25) is 11.3 Å². The van der Waals surface area contributed by atoms with E-state index in [9.17, 15) is 8.78 Å². The molecule has 4 heteroatoms. The van der Waals surface area contributed by atoms with Gasteiger partial charge in [0.2, 0.25) is 0 Å². The number of hydrogen-bond donors (Lipinski definition) is 2. The molecular weight excluding hydrogens is 222 g/mol. The zero-order valence-corrected chi connectivity index (χ0v) is 10.6. The van der Waals surface area contributed by atoms with Crippen molar-refractivity contribution < 1.29 is 8.78 Å².